The van der Waals surface area contributed by atoms with E-state index in [0.717, 1.165) is 55.2 Å². The van der Waals surface area contributed by atoms with Crippen molar-refractivity contribution in [3.05, 3.63) is 46.3 Å². The third-order valence-electron chi connectivity index (χ3n) is 8.49. The first-order valence-corrected chi connectivity index (χ1v) is 13.2. The fourth-order valence-corrected chi connectivity index (χ4v) is 6.83. The van der Waals surface area contributed by atoms with Gasteiger partial charge in [0.05, 0.1) is 31.2 Å². The number of nitrogens with zero attached hydrogens (tertiary/aromatic N) is 1. The van der Waals surface area contributed by atoms with Gasteiger partial charge in [-0.3, -0.25) is 14.5 Å². The first kappa shape index (κ1) is 25.2. The third-order valence-corrected chi connectivity index (χ3v) is 8.49. The lowest BCUT2D eigenvalue weighted by atomic mass is 9.69. The van der Waals surface area contributed by atoms with Gasteiger partial charge in [-0.25, -0.2) is 4.39 Å². The predicted molar refractivity (Wildman–Crippen MR) is 133 cm³/mol. The molecule has 1 aromatic rings. The monoisotopic (exact) mass is 497 g/mol. The van der Waals surface area contributed by atoms with Gasteiger partial charge >= 0.3 is 0 Å². The minimum Gasteiger partial charge on any atom is -0.505 e. The standard InChI is InChI=1S/C29H36FNO5/c1-17(12-18-9-10-24(32)23(30)13-18)8-11-25-26-19(15-35-2)14-21-27(22(26)16-36-25)29(34)31(28(21)33)20-6-4-3-5-7-20/h9-10,12-13,20-22,25,27,32H,3-8,11,14-16H2,1-2H3/b17-12+/t21-,22+,25-,27-/m1/s1. The van der Waals surface area contributed by atoms with Crippen molar-refractivity contribution in [3.8, 4) is 5.75 Å². The number of hydrogen-bond acceptors (Lipinski definition) is 5. The lowest BCUT2D eigenvalue weighted by Gasteiger charge is -2.31. The summed E-state index contributed by atoms with van der Waals surface area (Å²) >= 11 is 0. The number of carbonyl (C=O) groups excluding carboxylic acids is 2. The van der Waals surface area contributed by atoms with E-state index in [-0.39, 0.29) is 47.5 Å². The van der Waals surface area contributed by atoms with Crippen LogP contribution in [-0.2, 0) is 19.1 Å². The summed E-state index contributed by atoms with van der Waals surface area (Å²) in [7, 11) is 1.67. The molecule has 2 heterocycles. The Kier molecular flexibility index (Phi) is 7.31. The van der Waals surface area contributed by atoms with Crippen LogP contribution in [0.4, 0.5) is 4.39 Å². The zero-order chi connectivity index (χ0) is 25.4. The van der Waals surface area contributed by atoms with Gasteiger partial charge in [-0.1, -0.05) is 37.0 Å². The molecule has 0 spiro atoms. The molecule has 2 aliphatic carbocycles. The molecule has 194 valence electrons. The molecule has 1 saturated carbocycles. The molecule has 0 unspecified atom stereocenters. The fourth-order valence-electron chi connectivity index (χ4n) is 6.83. The number of phenolic OH excluding ortho intramolecular Hbond substituents is 1. The summed E-state index contributed by atoms with van der Waals surface area (Å²) < 4.78 is 25.5. The van der Waals surface area contributed by atoms with E-state index in [0.29, 0.717) is 25.2 Å². The van der Waals surface area contributed by atoms with Gasteiger partial charge in [-0.05, 0) is 67.9 Å². The SMILES string of the molecule is COCC1=C2[C@@H](CC/C(C)=C/c3ccc(O)c(F)c3)OC[C@@H]2[C@@H]2C(=O)N(C3CCCCC3)C(=O)[C@@H]2C1. The maximum absolute atomic E-state index is 13.7. The Bertz CT molecular complexity index is 1090. The molecule has 0 aromatic heterocycles. The first-order chi connectivity index (χ1) is 17.4. The highest BCUT2D eigenvalue weighted by atomic mass is 19.1. The van der Waals surface area contributed by atoms with Crippen LogP contribution in [0.15, 0.2) is 34.9 Å². The van der Waals surface area contributed by atoms with Crippen LogP contribution in [0, 0.1) is 23.6 Å². The van der Waals surface area contributed by atoms with Crippen LogP contribution in [0.2, 0.25) is 0 Å². The number of halogens is 1. The number of imide groups is 1. The molecule has 4 aliphatic rings. The minimum atomic E-state index is -0.636. The van der Waals surface area contributed by atoms with Crippen LogP contribution < -0.4 is 0 Å². The number of benzene rings is 1. The number of methoxy groups -OCH3 is 1. The highest BCUT2D eigenvalue weighted by molar-refractivity contribution is 6.06. The zero-order valence-corrected chi connectivity index (χ0v) is 21.2. The van der Waals surface area contributed by atoms with Crippen molar-refractivity contribution in [1.82, 2.24) is 4.90 Å². The first-order valence-electron chi connectivity index (χ1n) is 13.2. The highest BCUT2D eigenvalue weighted by Crippen LogP contribution is 2.50. The average molecular weight is 498 g/mol. The van der Waals surface area contributed by atoms with Gasteiger partial charge in [0.1, 0.15) is 0 Å². The van der Waals surface area contributed by atoms with Crippen molar-refractivity contribution in [2.45, 2.75) is 70.4 Å². The summed E-state index contributed by atoms with van der Waals surface area (Å²) in [5.74, 6) is -1.67. The van der Waals surface area contributed by atoms with E-state index in [4.69, 9.17) is 9.47 Å². The third kappa shape index (κ3) is 4.63. The van der Waals surface area contributed by atoms with Crippen LogP contribution in [0.5, 0.6) is 5.75 Å². The van der Waals surface area contributed by atoms with Crippen LogP contribution in [0.3, 0.4) is 0 Å². The zero-order valence-electron chi connectivity index (χ0n) is 21.2. The Morgan fingerprint density at radius 3 is 2.69 bits per heavy atom. The van der Waals surface area contributed by atoms with Crippen molar-refractivity contribution in [2.75, 3.05) is 20.3 Å². The van der Waals surface area contributed by atoms with E-state index in [2.05, 4.69) is 0 Å². The van der Waals surface area contributed by atoms with Crippen LogP contribution in [-0.4, -0.2) is 54.3 Å². The lowest BCUT2D eigenvalue weighted by molar-refractivity contribution is -0.143. The van der Waals surface area contributed by atoms with Crippen LogP contribution in [0.25, 0.3) is 6.08 Å². The van der Waals surface area contributed by atoms with Crippen LogP contribution in [0.1, 0.15) is 63.9 Å². The Hall–Kier alpha value is -2.51. The largest absolute Gasteiger partial charge is 0.505 e. The Balaban J connectivity index is 1.33. The van der Waals surface area contributed by atoms with Gasteiger partial charge < -0.3 is 14.6 Å². The Labute approximate surface area is 212 Å². The number of carbonyl (C=O) groups is 2. The van der Waals surface area contributed by atoms with Crippen molar-refractivity contribution >= 4 is 17.9 Å². The van der Waals surface area contributed by atoms with Crippen molar-refractivity contribution in [1.29, 1.82) is 0 Å². The van der Waals surface area contributed by atoms with E-state index < -0.39 is 5.82 Å². The maximum Gasteiger partial charge on any atom is 0.234 e. The molecular formula is C29H36FNO5. The van der Waals surface area contributed by atoms with Gasteiger partial charge in [-0.15, -0.1) is 0 Å². The van der Waals surface area contributed by atoms with Gasteiger partial charge in [0.2, 0.25) is 11.8 Å². The Morgan fingerprint density at radius 1 is 1.19 bits per heavy atom. The molecule has 2 aliphatic heterocycles. The van der Waals surface area contributed by atoms with E-state index in [1.807, 2.05) is 13.0 Å². The summed E-state index contributed by atoms with van der Waals surface area (Å²) in [5.41, 5.74) is 4.05. The summed E-state index contributed by atoms with van der Waals surface area (Å²) in [4.78, 5) is 28.7. The molecule has 0 bridgehead atoms. The normalized spacial score (nSPS) is 29.2. The van der Waals surface area contributed by atoms with Crippen molar-refractivity contribution in [3.63, 3.8) is 0 Å². The lowest BCUT2D eigenvalue weighted by Crippen LogP contribution is -2.42. The van der Waals surface area contributed by atoms with Gasteiger partial charge in [0, 0.05) is 19.1 Å². The second kappa shape index (κ2) is 10.5. The highest BCUT2D eigenvalue weighted by Gasteiger charge is 2.58. The van der Waals surface area contributed by atoms with Crippen LogP contribution >= 0.6 is 0 Å². The molecule has 5 rings (SSSR count). The predicted octanol–water partition coefficient (Wildman–Crippen LogP) is 5.01. The number of rotatable bonds is 7. The fraction of sp³-hybridized carbons (Fsp3) is 0.586. The molecule has 4 atom stereocenters. The van der Waals surface area contributed by atoms with E-state index >= 15 is 0 Å². The maximum atomic E-state index is 13.7. The molecule has 36 heavy (non-hydrogen) atoms. The van der Waals surface area contributed by atoms with E-state index in [9.17, 15) is 19.1 Å². The minimum absolute atomic E-state index is 0.00514. The average Bonchev–Trinajstić information content (AvgIpc) is 3.39. The quantitative estimate of drug-likeness (QED) is 0.423. The number of aromatic hydroxyl groups is 1. The topological polar surface area (TPSA) is 76.1 Å². The molecule has 1 aromatic carbocycles. The second-order valence-electron chi connectivity index (χ2n) is 10.8. The number of hydrogen-bond donors (Lipinski definition) is 1. The van der Waals surface area contributed by atoms with Crippen molar-refractivity contribution in [2.24, 2.45) is 17.8 Å². The van der Waals surface area contributed by atoms with E-state index in [1.54, 1.807) is 18.1 Å². The molecule has 7 heteroatoms. The molecule has 2 saturated heterocycles. The van der Waals surface area contributed by atoms with Gasteiger partial charge in [-0.2, -0.15) is 0 Å². The molecule has 0 radical (unpaired) electrons. The van der Waals surface area contributed by atoms with Crippen molar-refractivity contribution < 1.29 is 28.6 Å². The summed E-state index contributed by atoms with van der Waals surface area (Å²) in [5, 5.41) is 9.42. The second-order valence-corrected chi connectivity index (χ2v) is 10.8. The number of ether oxygens (including phenoxy) is 2. The number of allylic oxidation sites excluding steroid dienone is 1. The Morgan fingerprint density at radius 2 is 1.97 bits per heavy atom. The summed E-state index contributed by atoms with van der Waals surface area (Å²) in [6.45, 7) is 2.90. The summed E-state index contributed by atoms with van der Waals surface area (Å²) in [6.07, 6.45) is 9.03. The number of amides is 2. The molecule has 3 fully saturated rings. The summed E-state index contributed by atoms with van der Waals surface area (Å²) in [6, 6.07) is 4.41. The van der Waals surface area contributed by atoms with Gasteiger partial charge in [0.15, 0.2) is 11.6 Å². The number of fused-ring (bicyclic) bond motifs is 3. The van der Waals surface area contributed by atoms with E-state index in [1.165, 1.54) is 18.6 Å². The number of likely N-dealkylation sites (tertiary alicyclic amines) is 1. The molecule has 2 amide bonds. The number of phenols is 1. The smallest absolute Gasteiger partial charge is 0.234 e. The van der Waals surface area contributed by atoms with Gasteiger partial charge in [0.25, 0.3) is 0 Å². The molecule has 1 N–H and O–H groups in total. The molecular weight excluding hydrogens is 461 g/mol. The molecule has 6 nitrogen and oxygen atoms in total.